The maximum atomic E-state index is 12.5. The van der Waals surface area contributed by atoms with Crippen LogP contribution >= 0.6 is 0 Å². The van der Waals surface area contributed by atoms with E-state index in [9.17, 15) is 4.79 Å². The number of amides is 1. The van der Waals surface area contributed by atoms with Gasteiger partial charge in [0.2, 0.25) is 0 Å². The Morgan fingerprint density at radius 3 is 2.76 bits per heavy atom. The highest BCUT2D eigenvalue weighted by molar-refractivity contribution is 6.00. The fourth-order valence-electron chi connectivity index (χ4n) is 3.37. The summed E-state index contributed by atoms with van der Waals surface area (Å²) in [6.07, 6.45) is 10.2. The molecule has 1 N–H and O–H groups in total. The zero-order valence-electron chi connectivity index (χ0n) is 14.6. The minimum atomic E-state index is -0.0975. The second-order valence-corrected chi connectivity index (χ2v) is 6.60. The molecule has 25 heavy (non-hydrogen) atoms. The summed E-state index contributed by atoms with van der Waals surface area (Å²) in [5.41, 5.74) is 2.30. The predicted octanol–water partition coefficient (Wildman–Crippen LogP) is 3.47. The van der Waals surface area contributed by atoms with Crippen LogP contribution in [-0.4, -0.2) is 35.1 Å². The first-order valence-corrected chi connectivity index (χ1v) is 9.00. The Labute approximate surface area is 148 Å². The standard InChI is InChI=1S/C20H25N3O2/c1-15-6-2-5-9-19(15)25-11-10-23-20(24)18-8-4-3-7-17(18)16-12-21-14-22-13-16/h3-4,7-8,12-15,19H,2,5-6,9-11H2,1H3,(H,23,24). The molecule has 3 rings (SSSR count). The number of aromatic nitrogens is 2. The number of hydrogen-bond acceptors (Lipinski definition) is 4. The van der Waals surface area contributed by atoms with Crippen LogP contribution < -0.4 is 5.32 Å². The number of carbonyl (C=O) groups excluding carboxylic acids is 1. The zero-order valence-corrected chi connectivity index (χ0v) is 14.6. The molecule has 2 atom stereocenters. The van der Waals surface area contributed by atoms with Crippen LogP contribution in [0.4, 0.5) is 0 Å². The molecule has 5 heteroatoms. The summed E-state index contributed by atoms with van der Waals surface area (Å²) in [5.74, 6) is 0.517. The Hall–Kier alpha value is -2.27. The number of nitrogens with zero attached hydrogens (tertiary/aromatic N) is 2. The quantitative estimate of drug-likeness (QED) is 0.819. The van der Waals surface area contributed by atoms with E-state index in [1.54, 1.807) is 12.4 Å². The molecule has 1 aromatic heterocycles. The van der Waals surface area contributed by atoms with E-state index in [1.165, 1.54) is 25.6 Å². The highest BCUT2D eigenvalue weighted by Gasteiger charge is 2.21. The van der Waals surface area contributed by atoms with Crippen molar-refractivity contribution in [2.75, 3.05) is 13.2 Å². The first-order chi connectivity index (χ1) is 12.3. The fraction of sp³-hybridized carbons (Fsp3) is 0.450. The van der Waals surface area contributed by atoms with Crippen molar-refractivity contribution in [3.05, 3.63) is 48.5 Å². The summed E-state index contributed by atoms with van der Waals surface area (Å²) in [5, 5.41) is 2.96. The van der Waals surface area contributed by atoms with E-state index in [-0.39, 0.29) is 5.91 Å². The molecule has 132 valence electrons. The number of rotatable bonds is 6. The molecule has 0 saturated heterocycles. The number of nitrogens with one attached hydrogen (secondary N) is 1. The Bertz CT molecular complexity index is 690. The van der Waals surface area contributed by atoms with E-state index in [4.69, 9.17) is 4.74 Å². The SMILES string of the molecule is CC1CCCCC1OCCNC(=O)c1ccccc1-c1cncnc1. The molecule has 2 aromatic rings. The van der Waals surface area contributed by atoms with Crippen LogP contribution in [0, 0.1) is 5.92 Å². The predicted molar refractivity (Wildman–Crippen MR) is 97.2 cm³/mol. The summed E-state index contributed by atoms with van der Waals surface area (Å²) in [4.78, 5) is 20.6. The van der Waals surface area contributed by atoms with Gasteiger partial charge in [-0.2, -0.15) is 0 Å². The molecule has 1 aliphatic carbocycles. The second kappa shape index (κ2) is 8.72. The van der Waals surface area contributed by atoms with E-state index in [0.29, 0.717) is 30.7 Å². The Kier molecular flexibility index (Phi) is 6.12. The minimum absolute atomic E-state index is 0.0975. The molecule has 1 aliphatic rings. The largest absolute Gasteiger partial charge is 0.376 e. The molecular weight excluding hydrogens is 314 g/mol. The second-order valence-electron chi connectivity index (χ2n) is 6.60. The van der Waals surface area contributed by atoms with Crippen molar-refractivity contribution in [3.63, 3.8) is 0 Å². The summed E-state index contributed by atoms with van der Waals surface area (Å²) in [7, 11) is 0. The maximum absolute atomic E-state index is 12.5. The van der Waals surface area contributed by atoms with Gasteiger partial charge in [0, 0.05) is 30.1 Å². The number of hydrogen-bond donors (Lipinski definition) is 1. The fourth-order valence-corrected chi connectivity index (χ4v) is 3.37. The van der Waals surface area contributed by atoms with E-state index >= 15 is 0 Å². The van der Waals surface area contributed by atoms with Crippen LogP contribution in [0.25, 0.3) is 11.1 Å². The average Bonchev–Trinajstić information content (AvgIpc) is 2.67. The summed E-state index contributed by atoms with van der Waals surface area (Å²) in [6, 6.07) is 7.50. The number of benzene rings is 1. The van der Waals surface area contributed by atoms with Crippen molar-refractivity contribution >= 4 is 5.91 Å². The number of ether oxygens (including phenoxy) is 1. The third-order valence-corrected chi connectivity index (χ3v) is 4.80. The molecule has 0 bridgehead atoms. The molecule has 1 fully saturated rings. The highest BCUT2D eigenvalue weighted by Crippen LogP contribution is 2.26. The van der Waals surface area contributed by atoms with Crippen molar-refractivity contribution in [1.82, 2.24) is 15.3 Å². The van der Waals surface area contributed by atoms with Gasteiger partial charge in [0.25, 0.3) is 5.91 Å². The molecule has 0 aliphatic heterocycles. The van der Waals surface area contributed by atoms with E-state index in [0.717, 1.165) is 17.5 Å². The molecule has 5 nitrogen and oxygen atoms in total. The van der Waals surface area contributed by atoms with Gasteiger partial charge < -0.3 is 10.1 Å². The maximum Gasteiger partial charge on any atom is 0.251 e. The Morgan fingerprint density at radius 1 is 1.20 bits per heavy atom. The van der Waals surface area contributed by atoms with Gasteiger partial charge in [0.1, 0.15) is 6.33 Å². The van der Waals surface area contributed by atoms with Crippen LogP contribution in [0.5, 0.6) is 0 Å². The van der Waals surface area contributed by atoms with Crippen LogP contribution in [0.2, 0.25) is 0 Å². The van der Waals surface area contributed by atoms with Gasteiger partial charge in [0.15, 0.2) is 0 Å². The normalized spacial score (nSPS) is 20.2. The van der Waals surface area contributed by atoms with E-state index in [2.05, 4.69) is 22.2 Å². The lowest BCUT2D eigenvalue weighted by molar-refractivity contribution is -0.00293. The third-order valence-electron chi connectivity index (χ3n) is 4.80. The lowest BCUT2D eigenvalue weighted by atomic mass is 9.88. The first kappa shape index (κ1) is 17.5. The van der Waals surface area contributed by atoms with Gasteiger partial charge in [-0.25, -0.2) is 9.97 Å². The zero-order chi connectivity index (χ0) is 17.5. The number of carbonyl (C=O) groups is 1. The molecule has 1 heterocycles. The third kappa shape index (κ3) is 4.63. The minimum Gasteiger partial charge on any atom is -0.376 e. The lowest BCUT2D eigenvalue weighted by Crippen LogP contribution is -2.32. The van der Waals surface area contributed by atoms with Gasteiger partial charge in [-0.3, -0.25) is 4.79 Å². The lowest BCUT2D eigenvalue weighted by Gasteiger charge is -2.28. The Morgan fingerprint density at radius 2 is 1.96 bits per heavy atom. The van der Waals surface area contributed by atoms with Crippen LogP contribution in [-0.2, 0) is 4.74 Å². The highest BCUT2D eigenvalue weighted by atomic mass is 16.5. The van der Waals surface area contributed by atoms with Crippen molar-refractivity contribution < 1.29 is 9.53 Å². The smallest absolute Gasteiger partial charge is 0.251 e. The van der Waals surface area contributed by atoms with E-state index < -0.39 is 0 Å². The summed E-state index contributed by atoms with van der Waals surface area (Å²) >= 11 is 0. The monoisotopic (exact) mass is 339 g/mol. The van der Waals surface area contributed by atoms with Crippen molar-refractivity contribution in [1.29, 1.82) is 0 Å². The van der Waals surface area contributed by atoms with Crippen molar-refractivity contribution in [2.45, 2.75) is 38.7 Å². The van der Waals surface area contributed by atoms with Crippen LogP contribution in [0.15, 0.2) is 43.0 Å². The van der Waals surface area contributed by atoms with Gasteiger partial charge in [-0.15, -0.1) is 0 Å². The molecule has 2 unspecified atom stereocenters. The molecule has 0 spiro atoms. The molecule has 1 aromatic carbocycles. The van der Waals surface area contributed by atoms with Gasteiger partial charge in [-0.05, 0) is 30.4 Å². The van der Waals surface area contributed by atoms with Crippen molar-refractivity contribution in [3.8, 4) is 11.1 Å². The topological polar surface area (TPSA) is 64.1 Å². The Balaban J connectivity index is 1.55. The van der Waals surface area contributed by atoms with Gasteiger partial charge in [0.05, 0.1) is 12.7 Å². The van der Waals surface area contributed by atoms with Crippen molar-refractivity contribution in [2.24, 2.45) is 5.92 Å². The molecular formula is C20H25N3O2. The summed E-state index contributed by atoms with van der Waals surface area (Å²) in [6.45, 7) is 3.32. The first-order valence-electron chi connectivity index (χ1n) is 9.00. The molecule has 0 radical (unpaired) electrons. The molecule has 1 amide bonds. The van der Waals surface area contributed by atoms with Gasteiger partial charge in [-0.1, -0.05) is 38.0 Å². The van der Waals surface area contributed by atoms with Crippen LogP contribution in [0.1, 0.15) is 43.0 Å². The van der Waals surface area contributed by atoms with Crippen LogP contribution in [0.3, 0.4) is 0 Å². The van der Waals surface area contributed by atoms with E-state index in [1.807, 2.05) is 24.3 Å². The van der Waals surface area contributed by atoms with Gasteiger partial charge >= 0.3 is 0 Å². The molecule has 1 saturated carbocycles. The average molecular weight is 339 g/mol. The summed E-state index contributed by atoms with van der Waals surface area (Å²) < 4.78 is 5.96.